The Morgan fingerprint density at radius 1 is 1.00 bits per heavy atom. The molecule has 1 atom stereocenters. The lowest BCUT2D eigenvalue weighted by atomic mass is 10.1. The molecule has 0 saturated carbocycles. The Hall–Kier alpha value is -3.89. The van der Waals surface area contributed by atoms with Gasteiger partial charge in [0.2, 0.25) is 0 Å². The average molecular weight is 466 g/mol. The first-order valence-electron chi connectivity index (χ1n) is 10.8. The lowest BCUT2D eigenvalue weighted by molar-refractivity contribution is -0.137. The summed E-state index contributed by atoms with van der Waals surface area (Å²) in [5, 5.41) is 8.39. The fraction of sp³-hybridized carbons (Fsp3) is 0.304. The number of hydrogen-bond donors (Lipinski definition) is 0. The first-order chi connectivity index (χ1) is 16.3. The minimum absolute atomic E-state index is 0.0195. The third kappa shape index (κ3) is 3.57. The minimum atomic E-state index is -4.41. The summed E-state index contributed by atoms with van der Waals surface area (Å²) in [7, 11) is 0. The van der Waals surface area contributed by atoms with E-state index in [2.05, 4.69) is 50.8 Å². The van der Waals surface area contributed by atoms with Crippen LogP contribution in [0.25, 0.3) is 28.5 Å². The van der Waals surface area contributed by atoms with Crippen molar-refractivity contribution in [1.29, 1.82) is 0 Å². The minimum Gasteiger partial charge on any atom is -0.342 e. The maximum Gasteiger partial charge on any atom is 0.416 e. The number of anilines is 1. The molecular formula is C23H21F3N8. The Balaban J connectivity index is 1.64. The van der Waals surface area contributed by atoms with Crippen molar-refractivity contribution in [3.8, 4) is 28.5 Å². The molecule has 3 aromatic heterocycles. The lowest BCUT2D eigenvalue weighted by Gasteiger charge is -2.39. The Kier molecular flexibility index (Phi) is 5.26. The smallest absolute Gasteiger partial charge is 0.342 e. The van der Waals surface area contributed by atoms with Gasteiger partial charge in [0.05, 0.1) is 23.5 Å². The van der Waals surface area contributed by atoms with Crippen molar-refractivity contribution in [3.05, 3.63) is 60.6 Å². The fourth-order valence-corrected chi connectivity index (χ4v) is 4.28. The molecule has 8 nitrogen and oxygen atoms in total. The second-order valence-corrected chi connectivity index (χ2v) is 8.22. The maximum atomic E-state index is 13.0. The summed E-state index contributed by atoms with van der Waals surface area (Å²) in [6.07, 6.45) is 2.73. The molecule has 0 aliphatic carbocycles. The predicted molar refractivity (Wildman–Crippen MR) is 119 cm³/mol. The summed E-state index contributed by atoms with van der Waals surface area (Å²) in [5.41, 5.74) is 1.30. The van der Waals surface area contributed by atoms with Gasteiger partial charge in [0, 0.05) is 24.0 Å². The number of benzene rings is 1. The molecule has 1 aliphatic rings. The number of aromatic nitrogens is 7. The van der Waals surface area contributed by atoms with Gasteiger partial charge in [-0.05, 0) is 32.4 Å². The molecule has 11 heteroatoms. The Labute approximate surface area is 193 Å². The monoisotopic (exact) mass is 466 g/mol. The second kappa shape index (κ2) is 8.15. The van der Waals surface area contributed by atoms with Crippen LogP contribution in [-0.4, -0.2) is 40.7 Å². The van der Waals surface area contributed by atoms with Crippen molar-refractivity contribution in [1.82, 2.24) is 34.7 Å². The molecule has 0 unspecified atom stereocenters. The van der Waals surface area contributed by atoms with Gasteiger partial charge in [0.1, 0.15) is 17.7 Å². The number of rotatable bonds is 4. The Bertz CT molecular complexity index is 1330. The molecule has 5 rings (SSSR count). The van der Waals surface area contributed by atoms with Crippen molar-refractivity contribution < 1.29 is 13.2 Å². The largest absolute Gasteiger partial charge is 0.416 e. The van der Waals surface area contributed by atoms with E-state index in [1.54, 1.807) is 12.5 Å². The van der Waals surface area contributed by atoms with Crippen molar-refractivity contribution >= 4 is 5.82 Å². The van der Waals surface area contributed by atoms with Crippen LogP contribution in [-0.2, 0) is 6.18 Å². The van der Waals surface area contributed by atoms with Crippen molar-refractivity contribution in [2.24, 2.45) is 0 Å². The van der Waals surface area contributed by atoms with Gasteiger partial charge in [-0.2, -0.15) is 13.2 Å². The number of hydrogen-bond acceptors (Lipinski definition) is 7. The van der Waals surface area contributed by atoms with E-state index in [-0.39, 0.29) is 12.1 Å². The van der Waals surface area contributed by atoms with Gasteiger partial charge < -0.3 is 4.90 Å². The number of fused-ring (bicyclic) bond motifs is 3. The van der Waals surface area contributed by atoms with Gasteiger partial charge >= 0.3 is 6.18 Å². The van der Waals surface area contributed by atoms with Crippen LogP contribution in [0.1, 0.15) is 44.6 Å². The van der Waals surface area contributed by atoms with Crippen molar-refractivity contribution in [3.63, 3.8) is 0 Å². The zero-order valence-corrected chi connectivity index (χ0v) is 18.7. The van der Waals surface area contributed by atoms with E-state index in [4.69, 9.17) is 4.98 Å². The topological polar surface area (TPSA) is 85.5 Å². The maximum absolute atomic E-state index is 13.0. The summed E-state index contributed by atoms with van der Waals surface area (Å²) in [6.45, 7) is 6.24. The van der Waals surface area contributed by atoms with Crippen molar-refractivity contribution in [2.75, 3.05) is 4.90 Å². The normalized spacial score (nSPS) is 15.4. The number of nitrogens with zero attached hydrogens (tertiary/aromatic N) is 8. The molecular weight excluding hydrogens is 445 g/mol. The first kappa shape index (κ1) is 21.9. The molecule has 174 valence electrons. The lowest BCUT2D eigenvalue weighted by Crippen LogP contribution is -2.40. The summed E-state index contributed by atoms with van der Waals surface area (Å²) in [5.74, 6) is 1.87. The van der Waals surface area contributed by atoms with Gasteiger partial charge in [0.25, 0.3) is 0 Å². The van der Waals surface area contributed by atoms with E-state index in [9.17, 15) is 13.2 Å². The second-order valence-electron chi connectivity index (χ2n) is 8.22. The molecule has 0 spiro atoms. The van der Waals surface area contributed by atoms with E-state index in [1.807, 2.05) is 4.57 Å². The van der Waals surface area contributed by atoms with Crippen LogP contribution >= 0.6 is 0 Å². The van der Waals surface area contributed by atoms with Gasteiger partial charge in [-0.3, -0.25) is 9.55 Å². The van der Waals surface area contributed by atoms with Crippen LogP contribution in [0.3, 0.4) is 0 Å². The summed E-state index contributed by atoms with van der Waals surface area (Å²) < 4.78 is 40.9. The zero-order chi connectivity index (χ0) is 24.0. The molecule has 0 N–H and O–H groups in total. The van der Waals surface area contributed by atoms with Crippen LogP contribution in [0.2, 0.25) is 0 Å². The highest BCUT2D eigenvalue weighted by atomic mass is 19.4. The molecule has 0 radical (unpaired) electrons. The van der Waals surface area contributed by atoms with E-state index in [0.29, 0.717) is 28.6 Å². The highest BCUT2D eigenvalue weighted by molar-refractivity contribution is 5.76. The van der Waals surface area contributed by atoms with Crippen LogP contribution in [0.15, 0.2) is 49.2 Å². The third-order valence-electron chi connectivity index (χ3n) is 5.80. The summed E-state index contributed by atoms with van der Waals surface area (Å²) >= 11 is 0. The molecule has 4 aromatic rings. The quantitative estimate of drug-likeness (QED) is 0.424. The van der Waals surface area contributed by atoms with Gasteiger partial charge in [0.15, 0.2) is 17.5 Å². The highest BCUT2D eigenvalue weighted by Gasteiger charge is 2.35. The molecule has 1 aliphatic heterocycles. The van der Waals surface area contributed by atoms with Gasteiger partial charge in [-0.25, -0.2) is 15.0 Å². The SMILES string of the molecule is CC[C@@H]1c2nncn2-c2cnc(-c3nccnc3-c3ccc(C(F)(F)F)cc3)nc2N1C(C)C. The molecule has 0 saturated heterocycles. The van der Waals surface area contributed by atoms with Crippen LogP contribution in [0.4, 0.5) is 19.0 Å². The Morgan fingerprint density at radius 2 is 1.71 bits per heavy atom. The molecule has 0 fully saturated rings. The van der Waals surface area contributed by atoms with E-state index < -0.39 is 11.7 Å². The molecule has 0 amide bonds. The predicted octanol–water partition coefficient (Wildman–Crippen LogP) is 4.88. The summed E-state index contributed by atoms with van der Waals surface area (Å²) in [6, 6.07) is 4.92. The molecule has 4 heterocycles. The molecule has 1 aromatic carbocycles. The van der Waals surface area contributed by atoms with E-state index in [0.717, 1.165) is 30.1 Å². The van der Waals surface area contributed by atoms with E-state index in [1.165, 1.54) is 24.5 Å². The first-order valence-corrected chi connectivity index (χ1v) is 10.8. The van der Waals surface area contributed by atoms with Crippen LogP contribution in [0.5, 0.6) is 0 Å². The van der Waals surface area contributed by atoms with Gasteiger partial charge in [-0.15, -0.1) is 10.2 Å². The van der Waals surface area contributed by atoms with E-state index >= 15 is 0 Å². The van der Waals surface area contributed by atoms with Crippen LogP contribution < -0.4 is 4.90 Å². The fourth-order valence-electron chi connectivity index (χ4n) is 4.28. The average Bonchev–Trinajstić information content (AvgIpc) is 3.32. The third-order valence-corrected chi connectivity index (χ3v) is 5.80. The van der Waals surface area contributed by atoms with Crippen LogP contribution in [0, 0.1) is 0 Å². The molecule has 0 bridgehead atoms. The number of halogens is 3. The standard InChI is InChI=1S/C23H21F3N8/c1-4-16-22-32-30-12-33(22)17-11-29-20(31-21(17)34(16)13(2)3)19-18(27-9-10-28-19)14-5-7-15(8-6-14)23(24,25)26/h5-13,16H,4H2,1-3H3/t16-/m1/s1. The highest BCUT2D eigenvalue weighted by Crippen LogP contribution is 2.40. The van der Waals surface area contributed by atoms with Gasteiger partial charge in [-0.1, -0.05) is 19.1 Å². The zero-order valence-electron chi connectivity index (χ0n) is 18.7. The number of alkyl halides is 3. The van der Waals surface area contributed by atoms with Crippen molar-refractivity contribution in [2.45, 2.75) is 45.5 Å². The summed E-state index contributed by atoms with van der Waals surface area (Å²) in [4.78, 5) is 20.4. The molecule has 34 heavy (non-hydrogen) atoms. The Morgan fingerprint density at radius 3 is 2.35 bits per heavy atom.